The van der Waals surface area contributed by atoms with Crippen molar-refractivity contribution in [2.45, 2.75) is 29.4 Å². The Labute approximate surface area is 115 Å². The standard InChI is InChI=1S/C11H16N2O6S/c12-20(17,18)7-3-1-6(2-4-7)13-11-10(16)9(15)8(5-14)19-11/h1-4,8-11,13-16H,5H2,(H2,12,17,18)/t8-,9+,10-,11+/m0/s1. The molecule has 4 atom stereocenters. The third-order valence-corrected chi connectivity index (χ3v) is 3.96. The summed E-state index contributed by atoms with van der Waals surface area (Å²) in [5.41, 5.74) is 0.479. The fraction of sp³-hybridized carbons (Fsp3) is 0.455. The van der Waals surface area contributed by atoms with Crippen LogP contribution in [0.5, 0.6) is 0 Å². The van der Waals surface area contributed by atoms with Gasteiger partial charge in [-0.3, -0.25) is 0 Å². The van der Waals surface area contributed by atoms with Crippen LogP contribution in [0.15, 0.2) is 29.2 Å². The summed E-state index contributed by atoms with van der Waals surface area (Å²) in [6.07, 6.45) is -4.17. The van der Waals surface area contributed by atoms with Crippen LogP contribution in [0.2, 0.25) is 0 Å². The number of aliphatic hydroxyl groups excluding tert-OH is 3. The monoisotopic (exact) mass is 304 g/mol. The molecular formula is C11H16N2O6S. The molecule has 1 fully saturated rings. The predicted octanol–water partition coefficient (Wildman–Crippen LogP) is -1.82. The van der Waals surface area contributed by atoms with Crippen LogP contribution in [0, 0.1) is 0 Å². The highest BCUT2D eigenvalue weighted by molar-refractivity contribution is 7.89. The summed E-state index contributed by atoms with van der Waals surface area (Å²) in [4.78, 5) is -0.0378. The van der Waals surface area contributed by atoms with E-state index in [9.17, 15) is 18.6 Å². The Morgan fingerprint density at radius 3 is 2.25 bits per heavy atom. The van der Waals surface area contributed by atoms with E-state index in [1.807, 2.05) is 0 Å². The molecule has 0 bridgehead atoms. The zero-order valence-electron chi connectivity index (χ0n) is 10.4. The second-order valence-electron chi connectivity index (χ2n) is 4.47. The van der Waals surface area contributed by atoms with Crippen LogP contribution in [0.25, 0.3) is 0 Å². The topological polar surface area (TPSA) is 142 Å². The largest absolute Gasteiger partial charge is 0.394 e. The first-order chi connectivity index (χ1) is 9.32. The molecule has 1 aliphatic rings. The van der Waals surface area contributed by atoms with Gasteiger partial charge in [-0.2, -0.15) is 0 Å². The number of anilines is 1. The summed E-state index contributed by atoms with van der Waals surface area (Å²) in [6, 6.07) is 5.51. The van der Waals surface area contributed by atoms with Gasteiger partial charge < -0.3 is 25.4 Å². The summed E-state index contributed by atoms with van der Waals surface area (Å²) in [5, 5.41) is 36.0. The minimum atomic E-state index is -3.76. The number of nitrogens with two attached hydrogens (primary N) is 1. The Morgan fingerprint density at radius 1 is 1.20 bits per heavy atom. The van der Waals surface area contributed by atoms with Crippen LogP contribution in [-0.2, 0) is 14.8 Å². The molecule has 0 amide bonds. The van der Waals surface area contributed by atoms with Crippen molar-refractivity contribution in [3.05, 3.63) is 24.3 Å². The SMILES string of the molecule is NS(=O)(=O)c1ccc(N[C@@H]2O[C@@H](CO)[C@@H](O)[C@@H]2O)cc1. The van der Waals surface area contributed by atoms with Crippen LogP contribution in [0.3, 0.4) is 0 Å². The van der Waals surface area contributed by atoms with E-state index in [4.69, 9.17) is 15.0 Å². The maximum Gasteiger partial charge on any atom is 0.238 e. The lowest BCUT2D eigenvalue weighted by atomic mass is 10.1. The van der Waals surface area contributed by atoms with Crippen LogP contribution >= 0.6 is 0 Å². The molecule has 1 aromatic rings. The number of primary sulfonamides is 1. The minimum Gasteiger partial charge on any atom is -0.394 e. The van der Waals surface area contributed by atoms with Crippen LogP contribution in [-0.4, -0.2) is 54.9 Å². The first-order valence-corrected chi connectivity index (χ1v) is 7.39. The molecule has 0 saturated carbocycles. The predicted molar refractivity (Wildman–Crippen MR) is 69.2 cm³/mol. The molecule has 1 aromatic carbocycles. The number of ether oxygens (including phenoxy) is 1. The fourth-order valence-corrected chi connectivity index (χ4v) is 2.44. The van der Waals surface area contributed by atoms with Crippen LogP contribution < -0.4 is 10.5 Å². The molecule has 0 spiro atoms. The average Bonchev–Trinajstić information content (AvgIpc) is 2.66. The summed E-state index contributed by atoms with van der Waals surface area (Å²) in [5.74, 6) is 0. The van der Waals surface area contributed by atoms with Crippen molar-refractivity contribution in [2.24, 2.45) is 5.14 Å². The van der Waals surface area contributed by atoms with Gasteiger partial charge in [0.2, 0.25) is 10.0 Å². The number of rotatable bonds is 4. The van der Waals surface area contributed by atoms with Gasteiger partial charge in [-0.05, 0) is 24.3 Å². The Balaban J connectivity index is 2.08. The zero-order chi connectivity index (χ0) is 14.9. The molecule has 0 radical (unpaired) electrons. The van der Waals surface area contributed by atoms with Crippen molar-refractivity contribution >= 4 is 15.7 Å². The first kappa shape index (κ1) is 15.2. The van der Waals surface area contributed by atoms with Crippen LogP contribution in [0.1, 0.15) is 0 Å². The van der Waals surface area contributed by atoms with E-state index >= 15 is 0 Å². The van der Waals surface area contributed by atoms with Crippen molar-refractivity contribution in [2.75, 3.05) is 11.9 Å². The second-order valence-corrected chi connectivity index (χ2v) is 6.03. The summed E-state index contributed by atoms with van der Waals surface area (Å²) in [7, 11) is -3.76. The molecule has 0 unspecified atom stereocenters. The Kier molecular flexibility index (Phi) is 4.28. The molecule has 0 aliphatic carbocycles. The van der Waals surface area contributed by atoms with Crippen molar-refractivity contribution in [1.82, 2.24) is 0 Å². The number of nitrogens with one attached hydrogen (secondary N) is 1. The number of hydrogen-bond acceptors (Lipinski definition) is 7. The van der Waals surface area contributed by atoms with Crippen molar-refractivity contribution < 1.29 is 28.5 Å². The van der Waals surface area contributed by atoms with Gasteiger partial charge in [0.15, 0.2) is 6.23 Å². The van der Waals surface area contributed by atoms with Crippen molar-refractivity contribution in [3.8, 4) is 0 Å². The second kappa shape index (κ2) is 5.64. The van der Waals surface area contributed by atoms with Gasteiger partial charge in [0.05, 0.1) is 11.5 Å². The maximum absolute atomic E-state index is 11.1. The maximum atomic E-state index is 11.1. The van der Waals surface area contributed by atoms with E-state index in [1.54, 1.807) is 0 Å². The third kappa shape index (κ3) is 3.08. The summed E-state index contributed by atoms with van der Waals surface area (Å²) in [6.45, 7) is -0.416. The lowest BCUT2D eigenvalue weighted by molar-refractivity contribution is -0.0153. The Bertz CT molecular complexity index is 561. The molecule has 1 saturated heterocycles. The number of aliphatic hydroxyl groups is 3. The summed E-state index contributed by atoms with van der Waals surface area (Å²) >= 11 is 0. The van der Waals surface area contributed by atoms with Gasteiger partial charge in [0, 0.05) is 5.69 Å². The van der Waals surface area contributed by atoms with Gasteiger partial charge in [0.25, 0.3) is 0 Å². The molecule has 1 aliphatic heterocycles. The van der Waals surface area contributed by atoms with Gasteiger partial charge >= 0.3 is 0 Å². The summed E-state index contributed by atoms with van der Waals surface area (Å²) < 4.78 is 27.4. The molecular weight excluding hydrogens is 288 g/mol. The average molecular weight is 304 g/mol. The van der Waals surface area contributed by atoms with E-state index in [0.29, 0.717) is 5.69 Å². The zero-order valence-corrected chi connectivity index (χ0v) is 11.2. The van der Waals surface area contributed by atoms with Crippen molar-refractivity contribution in [3.63, 3.8) is 0 Å². The highest BCUT2D eigenvalue weighted by atomic mass is 32.2. The van der Waals surface area contributed by atoms with E-state index in [-0.39, 0.29) is 4.90 Å². The molecule has 112 valence electrons. The van der Waals surface area contributed by atoms with Gasteiger partial charge in [0.1, 0.15) is 18.3 Å². The quantitative estimate of drug-likeness (QED) is 0.441. The van der Waals surface area contributed by atoms with Gasteiger partial charge in [-0.1, -0.05) is 0 Å². The molecule has 0 aromatic heterocycles. The van der Waals surface area contributed by atoms with Gasteiger partial charge in [-0.15, -0.1) is 0 Å². The van der Waals surface area contributed by atoms with E-state index < -0.39 is 41.2 Å². The minimum absolute atomic E-state index is 0.0378. The lowest BCUT2D eigenvalue weighted by Gasteiger charge is -2.17. The molecule has 8 nitrogen and oxygen atoms in total. The molecule has 1 heterocycles. The number of benzene rings is 1. The van der Waals surface area contributed by atoms with Crippen molar-refractivity contribution in [1.29, 1.82) is 0 Å². The molecule has 9 heteroatoms. The van der Waals surface area contributed by atoms with Gasteiger partial charge in [-0.25, -0.2) is 13.6 Å². The highest BCUT2D eigenvalue weighted by Crippen LogP contribution is 2.23. The number of sulfonamides is 1. The first-order valence-electron chi connectivity index (χ1n) is 5.85. The normalized spacial score (nSPS) is 30.4. The lowest BCUT2D eigenvalue weighted by Crippen LogP contribution is -2.36. The molecule has 20 heavy (non-hydrogen) atoms. The third-order valence-electron chi connectivity index (χ3n) is 3.03. The van der Waals surface area contributed by atoms with Crippen LogP contribution in [0.4, 0.5) is 5.69 Å². The van der Waals surface area contributed by atoms with E-state index in [0.717, 1.165) is 0 Å². The Morgan fingerprint density at radius 2 is 1.80 bits per heavy atom. The number of hydrogen-bond donors (Lipinski definition) is 5. The Hall–Kier alpha value is -1.23. The smallest absolute Gasteiger partial charge is 0.238 e. The van der Waals surface area contributed by atoms with E-state index in [1.165, 1.54) is 24.3 Å². The molecule has 6 N–H and O–H groups in total. The fourth-order valence-electron chi connectivity index (χ4n) is 1.92. The van der Waals surface area contributed by atoms with E-state index in [2.05, 4.69) is 5.32 Å². The highest BCUT2D eigenvalue weighted by Gasteiger charge is 2.42. The molecule has 2 rings (SSSR count).